The molecule has 0 amide bonds. The molecule has 0 aliphatic rings. The van der Waals surface area contributed by atoms with Crippen molar-refractivity contribution in [2.24, 2.45) is 0 Å². The molecule has 6 heteroatoms. The number of carbonyl (C=O) groups is 3. The van der Waals surface area contributed by atoms with E-state index in [0.29, 0.717) is 19.3 Å². The lowest BCUT2D eigenvalue weighted by atomic mass is 10.0. The summed E-state index contributed by atoms with van der Waals surface area (Å²) in [7, 11) is 0. The molecule has 0 saturated carbocycles. The van der Waals surface area contributed by atoms with Crippen LogP contribution in [0.4, 0.5) is 0 Å². The number of ether oxygens (including phenoxy) is 3. The van der Waals surface area contributed by atoms with Gasteiger partial charge in [0.2, 0.25) is 0 Å². The second-order valence-corrected chi connectivity index (χ2v) is 20.2. The van der Waals surface area contributed by atoms with Crippen molar-refractivity contribution in [3.8, 4) is 0 Å². The van der Waals surface area contributed by atoms with Crippen LogP contribution < -0.4 is 0 Å². The zero-order chi connectivity index (χ0) is 51.4. The Kier molecular flexibility index (Phi) is 56.8. The van der Waals surface area contributed by atoms with Crippen LogP contribution in [0.15, 0.2) is 72.9 Å². The van der Waals surface area contributed by atoms with E-state index in [4.69, 9.17) is 14.2 Å². The minimum absolute atomic E-state index is 0.0879. The van der Waals surface area contributed by atoms with Crippen molar-refractivity contribution < 1.29 is 28.6 Å². The van der Waals surface area contributed by atoms with E-state index in [9.17, 15) is 14.4 Å². The van der Waals surface area contributed by atoms with Gasteiger partial charge in [-0.05, 0) is 89.9 Å². The summed E-state index contributed by atoms with van der Waals surface area (Å²) in [6.45, 7) is 6.53. The van der Waals surface area contributed by atoms with Gasteiger partial charge in [-0.15, -0.1) is 0 Å². The third-order valence-electron chi connectivity index (χ3n) is 13.2. The summed E-state index contributed by atoms with van der Waals surface area (Å²) >= 11 is 0. The molecule has 0 saturated heterocycles. The van der Waals surface area contributed by atoms with E-state index >= 15 is 0 Å². The predicted molar refractivity (Wildman–Crippen MR) is 307 cm³/mol. The molecule has 0 aliphatic heterocycles. The SMILES string of the molecule is CC/C=C\C/C=C\C/C=C\C/C=C\C/C=C\CCCCCC(=O)OCC(COC(=O)CCCCCCC/C=C\CCCCCCCCC)OC(=O)CCCCCCCCCCCCCCCCCCCC. The maximum Gasteiger partial charge on any atom is 0.306 e. The monoisotopic (exact) mass is 991 g/mol. The van der Waals surface area contributed by atoms with Crippen molar-refractivity contribution in [3.63, 3.8) is 0 Å². The van der Waals surface area contributed by atoms with E-state index in [-0.39, 0.29) is 31.1 Å². The molecule has 0 spiro atoms. The van der Waals surface area contributed by atoms with Crippen LogP contribution in [-0.4, -0.2) is 37.2 Å². The second-order valence-electron chi connectivity index (χ2n) is 20.2. The van der Waals surface area contributed by atoms with Gasteiger partial charge in [-0.2, -0.15) is 0 Å². The van der Waals surface area contributed by atoms with Crippen LogP contribution in [0.2, 0.25) is 0 Å². The first kappa shape index (κ1) is 67.8. The van der Waals surface area contributed by atoms with Crippen LogP contribution >= 0.6 is 0 Å². The first-order valence-electron chi connectivity index (χ1n) is 30.4. The number of unbranched alkanes of at least 4 members (excludes halogenated alkanes) is 32. The van der Waals surface area contributed by atoms with Crippen LogP contribution in [0.25, 0.3) is 0 Å². The number of carbonyl (C=O) groups excluding carboxylic acids is 3. The fraction of sp³-hybridized carbons (Fsp3) is 0.769. The average Bonchev–Trinajstić information content (AvgIpc) is 3.37. The molecule has 0 aromatic rings. The van der Waals surface area contributed by atoms with E-state index in [1.54, 1.807) is 0 Å². The summed E-state index contributed by atoms with van der Waals surface area (Å²) in [5.41, 5.74) is 0. The molecule has 6 nitrogen and oxygen atoms in total. The van der Waals surface area contributed by atoms with Crippen molar-refractivity contribution in [1.29, 1.82) is 0 Å². The van der Waals surface area contributed by atoms with Crippen molar-refractivity contribution in [1.82, 2.24) is 0 Å². The molecule has 0 radical (unpaired) electrons. The molecule has 71 heavy (non-hydrogen) atoms. The van der Waals surface area contributed by atoms with E-state index in [1.165, 1.54) is 161 Å². The van der Waals surface area contributed by atoms with Crippen molar-refractivity contribution in [3.05, 3.63) is 72.9 Å². The highest BCUT2D eigenvalue weighted by Crippen LogP contribution is 2.16. The van der Waals surface area contributed by atoms with Gasteiger partial charge in [0.05, 0.1) is 0 Å². The van der Waals surface area contributed by atoms with Gasteiger partial charge in [0.15, 0.2) is 6.10 Å². The fourth-order valence-electron chi connectivity index (χ4n) is 8.64. The number of hydrogen-bond acceptors (Lipinski definition) is 6. The van der Waals surface area contributed by atoms with Gasteiger partial charge >= 0.3 is 17.9 Å². The Morgan fingerprint density at radius 2 is 0.549 bits per heavy atom. The lowest BCUT2D eigenvalue weighted by Gasteiger charge is -2.18. The second kappa shape index (κ2) is 59.4. The normalized spacial score (nSPS) is 12.5. The van der Waals surface area contributed by atoms with Crippen LogP contribution in [0, 0.1) is 0 Å². The van der Waals surface area contributed by atoms with Crippen LogP contribution in [-0.2, 0) is 28.6 Å². The maximum absolute atomic E-state index is 12.9. The Morgan fingerprint density at radius 3 is 0.887 bits per heavy atom. The van der Waals surface area contributed by atoms with Gasteiger partial charge in [0.1, 0.15) is 13.2 Å². The fourth-order valence-corrected chi connectivity index (χ4v) is 8.64. The summed E-state index contributed by atoms with van der Waals surface area (Å²) in [5, 5.41) is 0. The molecule has 410 valence electrons. The summed E-state index contributed by atoms with van der Waals surface area (Å²) < 4.78 is 16.9. The lowest BCUT2D eigenvalue weighted by molar-refractivity contribution is -0.167. The molecule has 0 rings (SSSR count). The molecule has 1 unspecified atom stereocenters. The first-order valence-corrected chi connectivity index (χ1v) is 30.4. The minimum atomic E-state index is -0.792. The topological polar surface area (TPSA) is 78.9 Å². The van der Waals surface area contributed by atoms with Crippen LogP contribution in [0.5, 0.6) is 0 Å². The lowest BCUT2D eigenvalue weighted by Crippen LogP contribution is -2.30. The van der Waals surface area contributed by atoms with E-state index in [1.807, 2.05) is 0 Å². The highest BCUT2D eigenvalue weighted by molar-refractivity contribution is 5.71. The van der Waals surface area contributed by atoms with Gasteiger partial charge in [-0.1, -0.05) is 267 Å². The zero-order valence-corrected chi connectivity index (χ0v) is 47.0. The first-order chi connectivity index (χ1) is 35.0. The molecular formula is C65H114O6. The van der Waals surface area contributed by atoms with Gasteiger partial charge in [-0.25, -0.2) is 0 Å². The third kappa shape index (κ3) is 57.6. The standard InChI is InChI=1S/C65H114O6/c1-4-7-10-13-16-19-22-25-28-31-33-35-37-40-43-46-49-52-55-58-64(67)70-61-62(60-69-63(66)57-54-51-48-45-42-39-36-30-27-24-21-18-15-12-9-6-3)71-65(68)59-56-53-50-47-44-41-38-34-32-29-26-23-20-17-14-11-8-5-2/h7,10,16,19,25,28,30,33,35-36,40,43,62H,4-6,8-9,11-15,17-18,20-24,26-27,29,31-32,34,37-39,41-42,44-61H2,1-3H3/b10-7-,19-16-,28-25-,35-33-,36-30-,43-40-. The van der Waals surface area contributed by atoms with Gasteiger partial charge in [-0.3, -0.25) is 14.4 Å². The number of esters is 3. The summed E-state index contributed by atoms with van der Waals surface area (Å²) in [5.74, 6) is -0.914. The number of hydrogen-bond donors (Lipinski definition) is 0. The molecule has 0 bridgehead atoms. The van der Waals surface area contributed by atoms with Gasteiger partial charge < -0.3 is 14.2 Å². The Labute approximate surface area is 440 Å². The summed E-state index contributed by atoms with van der Waals surface area (Å²) in [6, 6.07) is 0. The Balaban J connectivity index is 4.43. The molecule has 0 N–H and O–H groups in total. The average molecular weight is 992 g/mol. The van der Waals surface area contributed by atoms with Crippen LogP contribution in [0.3, 0.4) is 0 Å². The molecule has 0 aromatic carbocycles. The molecular weight excluding hydrogens is 877 g/mol. The summed E-state index contributed by atoms with van der Waals surface area (Å²) in [6.07, 6.45) is 76.1. The van der Waals surface area contributed by atoms with Gasteiger partial charge in [0.25, 0.3) is 0 Å². The van der Waals surface area contributed by atoms with E-state index < -0.39 is 6.10 Å². The van der Waals surface area contributed by atoms with E-state index in [2.05, 4.69) is 93.7 Å². The molecule has 0 heterocycles. The molecule has 0 fully saturated rings. The smallest absolute Gasteiger partial charge is 0.306 e. The zero-order valence-electron chi connectivity index (χ0n) is 47.0. The van der Waals surface area contributed by atoms with Gasteiger partial charge in [0, 0.05) is 19.3 Å². The van der Waals surface area contributed by atoms with Crippen molar-refractivity contribution in [2.45, 2.75) is 309 Å². The third-order valence-corrected chi connectivity index (χ3v) is 13.2. The Bertz CT molecular complexity index is 1320. The number of allylic oxidation sites excluding steroid dienone is 12. The quantitative estimate of drug-likeness (QED) is 0.0261. The Hall–Kier alpha value is -3.15. The van der Waals surface area contributed by atoms with E-state index in [0.717, 1.165) is 103 Å². The largest absolute Gasteiger partial charge is 0.462 e. The van der Waals surface area contributed by atoms with Crippen LogP contribution in [0.1, 0.15) is 303 Å². The van der Waals surface area contributed by atoms with Crippen molar-refractivity contribution in [2.75, 3.05) is 13.2 Å². The highest BCUT2D eigenvalue weighted by atomic mass is 16.6. The summed E-state index contributed by atoms with van der Waals surface area (Å²) in [4.78, 5) is 38.2. The molecule has 1 atom stereocenters. The molecule has 0 aromatic heterocycles. The Morgan fingerprint density at radius 1 is 0.296 bits per heavy atom. The number of rotatable bonds is 55. The maximum atomic E-state index is 12.9. The minimum Gasteiger partial charge on any atom is -0.462 e. The predicted octanol–water partition coefficient (Wildman–Crippen LogP) is 20.5. The van der Waals surface area contributed by atoms with Crippen molar-refractivity contribution >= 4 is 17.9 Å². The highest BCUT2D eigenvalue weighted by Gasteiger charge is 2.19. The molecule has 0 aliphatic carbocycles.